The van der Waals surface area contributed by atoms with Crippen LogP contribution in [-0.4, -0.2) is 48.3 Å². The summed E-state index contributed by atoms with van der Waals surface area (Å²) in [7, 11) is 1.26. The molecule has 1 N–H and O–H groups in total. The average Bonchev–Trinajstić information content (AvgIpc) is 3.25. The molecule has 24 heavy (non-hydrogen) atoms. The van der Waals surface area contributed by atoms with Gasteiger partial charge in [0.1, 0.15) is 5.60 Å². The van der Waals surface area contributed by atoms with Crippen LogP contribution in [0.1, 0.15) is 10.4 Å². The molecule has 0 radical (unpaired) electrons. The minimum atomic E-state index is -1.13. The molecule has 0 saturated carbocycles. The van der Waals surface area contributed by atoms with E-state index in [0.29, 0.717) is 5.69 Å². The smallest absolute Gasteiger partial charge is 0.337 e. The van der Waals surface area contributed by atoms with Crippen molar-refractivity contribution in [3.8, 4) is 0 Å². The third-order valence-corrected chi connectivity index (χ3v) is 4.93. The van der Waals surface area contributed by atoms with E-state index in [2.05, 4.69) is 4.74 Å². The maximum Gasteiger partial charge on any atom is 0.337 e. The van der Waals surface area contributed by atoms with Crippen molar-refractivity contribution in [1.29, 1.82) is 0 Å². The highest BCUT2D eigenvalue weighted by atomic mass is 16.5. The van der Waals surface area contributed by atoms with E-state index in [1.807, 2.05) is 0 Å². The Morgan fingerprint density at radius 2 is 2.17 bits per heavy atom. The standard InChI is InChI=1S/C17H15NO6/c1-23-16(22)9-3-2-4-10(7-9)18-14(20)12-11-5-6-17(8-19,24-11)13(12)15(18)21/h2-7,11-13,19H,8H2,1H3/t11-,12-,13-,17+/m1/s1. The molecule has 0 aromatic heterocycles. The Morgan fingerprint density at radius 3 is 2.88 bits per heavy atom. The molecular weight excluding hydrogens is 314 g/mol. The van der Waals surface area contributed by atoms with Crippen molar-refractivity contribution in [2.75, 3.05) is 18.6 Å². The van der Waals surface area contributed by atoms with Gasteiger partial charge in [-0.05, 0) is 18.2 Å². The van der Waals surface area contributed by atoms with Gasteiger partial charge in [0, 0.05) is 0 Å². The molecule has 4 rings (SSSR count). The first-order chi connectivity index (χ1) is 11.5. The third kappa shape index (κ3) is 1.76. The normalized spacial score (nSPS) is 33.2. The van der Waals surface area contributed by atoms with Crippen molar-refractivity contribution in [1.82, 2.24) is 0 Å². The summed E-state index contributed by atoms with van der Waals surface area (Å²) in [5.41, 5.74) is -0.562. The lowest BCUT2D eigenvalue weighted by atomic mass is 9.77. The fraction of sp³-hybridized carbons (Fsp3) is 0.353. The van der Waals surface area contributed by atoms with Crippen LogP contribution in [0.5, 0.6) is 0 Å². The minimum Gasteiger partial charge on any atom is -0.465 e. The summed E-state index contributed by atoms with van der Waals surface area (Å²) in [6.07, 6.45) is 2.88. The SMILES string of the molecule is COC(=O)c1cccc(N2C(=O)[C@@H]3[C@H]4C=C[C@@](CO)(O4)[C@H]3C2=O)c1. The number of methoxy groups -OCH3 is 1. The number of aliphatic hydroxyl groups is 1. The van der Waals surface area contributed by atoms with Gasteiger partial charge in [0.15, 0.2) is 0 Å². The summed E-state index contributed by atoms with van der Waals surface area (Å²) >= 11 is 0. The lowest BCUT2D eigenvalue weighted by Gasteiger charge is -2.26. The Morgan fingerprint density at radius 1 is 1.38 bits per heavy atom. The van der Waals surface area contributed by atoms with Crippen LogP contribution in [0, 0.1) is 11.8 Å². The van der Waals surface area contributed by atoms with Crippen LogP contribution < -0.4 is 4.90 Å². The molecule has 2 saturated heterocycles. The number of ether oxygens (including phenoxy) is 2. The van der Waals surface area contributed by atoms with Crippen LogP contribution in [0.2, 0.25) is 0 Å². The third-order valence-electron chi connectivity index (χ3n) is 4.93. The number of amides is 2. The molecule has 7 heteroatoms. The largest absolute Gasteiger partial charge is 0.465 e. The summed E-state index contributed by atoms with van der Waals surface area (Å²) < 4.78 is 10.3. The van der Waals surface area contributed by atoms with Crippen LogP contribution in [0.4, 0.5) is 5.69 Å². The maximum absolute atomic E-state index is 12.9. The number of benzene rings is 1. The van der Waals surface area contributed by atoms with Crippen molar-refractivity contribution < 1.29 is 29.0 Å². The molecule has 7 nitrogen and oxygen atoms in total. The van der Waals surface area contributed by atoms with E-state index in [1.54, 1.807) is 30.4 Å². The molecular formula is C17H15NO6. The zero-order chi connectivity index (χ0) is 17.1. The predicted octanol–water partition coefficient (Wildman–Crippen LogP) is 0.278. The van der Waals surface area contributed by atoms with E-state index in [-0.39, 0.29) is 18.1 Å². The summed E-state index contributed by atoms with van der Waals surface area (Å²) in [6, 6.07) is 6.17. The van der Waals surface area contributed by atoms with E-state index in [1.165, 1.54) is 13.2 Å². The van der Waals surface area contributed by atoms with Crippen LogP contribution >= 0.6 is 0 Å². The molecule has 3 aliphatic rings. The number of hydrogen-bond donors (Lipinski definition) is 1. The number of rotatable bonds is 3. The predicted molar refractivity (Wildman–Crippen MR) is 81.1 cm³/mol. The summed E-state index contributed by atoms with van der Waals surface area (Å²) in [5.74, 6) is -2.74. The molecule has 3 aliphatic heterocycles. The Bertz CT molecular complexity index is 787. The Kier molecular flexibility index (Phi) is 3.13. The highest BCUT2D eigenvalue weighted by Crippen LogP contribution is 2.52. The molecule has 1 aromatic rings. The van der Waals surface area contributed by atoms with Crippen molar-refractivity contribution in [3.05, 3.63) is 42.0 Å². The maximum atomic E-state index is 12.9. The number of hydrogen-bond acceptors (Lipinski definition) is 6. The van der Waals surface area contributed by atoms with Crippen molar-refractivity contribution in [3.63, 3.8) is 0 Å². The van der Waals surface area contributed by atoms with E-state index in [4.69, 9.17) is 4.74 Å². The monoisotopic (exact) mass is 329 g/mol. The first-order valence-electron chi connectivity index (χ1n) is 7.56. The Balaban J connectivity index is 1.73. The van der Waals surface area contributed by atoms with Gasteiger partial charge in [0.25, 0.3) is 0 Å². The van der Waals surface area contributed by atoms with Gasteiger partial charge in [-0.2, -0.15) is 0 Å². The van der Waals surface area contributed by atoms with Crippen molar-refractivity contribution >= 4 is 23.5 Å². The first-order valence-corrected chi connectivity index (χ1v) is 7.56. The second kappa shape index (κ2) is 4.99. The molecule has 2 bridgehead atoms. The van der Waals surface area contributed by atoms with Crippen molar-refractivity contribution in [2.45, 2.75) is 11.7 Å². The van der Waals surface area contributed by atoms with Gasteiger partial charge in [0.2, 0.25) is 11.8 Å². The van der Waals surface area contributed by atoms with Gasteiger partial charge in [-0.15, -0.1) is 0 Å². The highest BCUT2D eigenvalue weighted by molar-refractivity contribution is 6.23. The number of carbonyl (C=O) groups excluding carboxylic acids is 3. The van der Waals surface area contributed by atoms with E-state index < -0.39 is 35.4 Å². The minimum absolute atomic E-state index is 0.252. The van der Waals surface area contributed by atoms with Gasteiger partial charge in [-0.3, -0.25) is 9.59 Å². The first kappa shape index (κ1) is 15.0. The number of fused-ring (bicyclic) bond motifs is 5. The number of imide groups is 1. The number of aliphatic hydroxyl groups excluding tert-OH is 1. The number of carbonyl (C=O) groups is 3. The fourth-order valence-electron chi connectivity index (χ4n) is 3.83. The molecule has 2 fully saturated rings. The Labute approximate surface area is 137 Å². The molecule has 3 heterocycles. The quantitative estimate of drug-likeness (QED) is 0.486. The highest BCUT2D eigenvalue weighted by Gasteiger charge is 2.67. The van der Waals surface area contributed by atoms with Gasteiger partial charge in [0.05, 0.1) is 42.9 Å². The van der Waals surface area contributed by atoms with Gasteiger partial charge < -0.3 is 14.6 Å². The molecule has 4 atom stereocenters. The van der Waals surface area contributed by atoms with Crippen molar-refractivity contribution in [2.24, 2.45) is 11.8 Å². The van der Waals surface area contributed by atoms with Crippen LogP contribution in [0.3, 0.4) is 0 Å². The molecule has 124 valence electrons. The molecule has 0 aliphatic carbocycles. The van der Waals surface area contributed by atoms with Gasteiger partial charge >= 0.3 is 5.97 Å². The van der Waals surface area contributed by atoms with Crippen LogP contribution in [-0.2, 0) is 19.1 Å². The van der Waals surface area contributed by atoms with Gasteiger partial charge in [-0.25, -0.2) is 9.69 Å². The number of esters is 1. The van der Waals surface area contributed by atoms with Crippen LogP contribution in [0.25, 0.3) is 0 Å². The topological polar surface area (TPSA) is 93.1 Å². The summed E-state index contributed by atoms with van der Waals surface area (Å²) in [4.78, 5) is 38.4. The number of nitrogens with zero attached hydrogens (tertiary/aromatic N) is 1. The summed E-state index contributed by atoms with van der Waals surface area (Å²) in [5, 5.41) is 9.68. The van der Waals surface area contributed by atoms with E-state index in [0.717, 1.165) is 4.90 Å². The number of anilines is 1. The van der Waals surface area contributed by atoms with E-state index >= 15 is 0 Å². The fourth-order valence-corrected chi connectivity index (χ4v) is 3.83. The average molecular weight is 329 g/mol. The lowest BCUT2D eigenvalue weighted by Crippen LogP contribution is -2.43. The second-order valence-corrected chi connectivity index (χ2v) is 6.11. The Hall–Kier alpha value is -2.51. The molecule has 1 aromatic carbocycles. The molecule has 0 spiro atoms. The van der Waals surface area contributed by atoms with Crippen LogP contribution in [0.15, 0.2) is 36.4 Å². The van der Waals surface area contributed by atoms with E-state index in [9.17, 15) is 19.5 Å². The molecule has 0 unspecified atom stereocenters. The molecule has 2 amide bonds. The lowest BCUT2D eigenvalue weighted by molar-refractivity contribution is -0.128. The zero-order valence-electron chi connectivity index (χ0n) is 12.8. The second-order valence-electron chi connectivity index (χ2n) is 6.11. The van der Waals surface area contributed by atoms with Gasteiger partial charge in [-0.1, -0.05) is 18.2 Å². The summed E-state index contributed by atoms with van der Waals surface area (Å²) in [6.45, 7) is -0.365. The zero-order valence-corrected chi connectivity index (χ0v) is 12.8.